The van der Waals surface area contributed by atoms with Gasteiger partial charge < -0.3 is 15.2 Å². The van der Waals surface area contributed by atoms with Crippen LogP contribution in [-0.4, -0.2) is 24.1 Å². The van der Waals surface area contributed by atoms with Crippen molar-refractivity contribution >= 4 is 11.9 Å². The monoisotopic (exact) mass is 327 g/mol. The molecule has 0 saturated carbocycles. The fraction of sp³-hybridized carbons (Fsp3) is 0.263. The Hall–Kier alpha value is -2.66. The number of carbonyl (C=O) groups is 2. The van der Waals surface area contributed by atoms with Crippen molar-refractivity contribution < 1.29 is 19.4 Å². The van der Waals surface area contributed by atoms with E-state index in [0.717, 1.165) is 11.1 Å². The maximum absolute atomic E-state index is 12.0. The summed E-state index contributed by atoms with van der Waals surface area (Å²) in [6.07, 6.45) is 0.660. The Morgan fingerprint density at radius 3 is 2.38 bits per heavy atom. The summed E-state index contributed by atoms with van der Waals surface area (Å²) in [6.45, 7) is 1.02. The lowest BCUT2D eigenvalue weighted by Crippen LogP contribution is -2.23. The number of ether oxygens (including phenoxy) is 1. The quantitative estimate of drug-likeness (QED) is 0.782. The van der Waals surface area contributed by atoms with Gasteiger partial charge in [0.2, 0.25) is 5.91 Å². The molecule has 2 N–H and O–H groups in total. The third kappa shape index (κ3) is 5.21. The molecule has 0 bridgehead atoms. The number of carboxylic acids is 1. The minimum absolute atomic E-state index is 0.101. The Morgan fingerprint density at radius 2 is 1.71 bits per heavy atom. The van der Waals surface area contributed by atoms with Crippen LogP contribution in [0.3, 0.4) is 0 Å². The average Bonchev–Trinajstić information content (AvgIpc) is 2.59. The van der Waals surface area contributed by atoms with E-state index in [1.807, 2.05) is 24.3 Å². The molecule has 0 radical (unpaired) electrons. The Bertz CT molecular complexity index is 695. The van der Waals surface area contributed by atoms with Gasteiger partial charge in [-0.3, -0.25) is 4.79 Å². The number of carboxylic acid groups (broad SMARTS) is 1. The van der Waals surface area contributed by atoms with Crippen molar-refractivity contribution in [1.82, 2.24) is 5.32 Å². The highest BCUT2D eigenvalue weighted by atomic mass is 16.5. The first-order valence-electron chi connectivity index (χ1n) is 7.75. The molecule has 5 heteroatoms. The smallest absolute Gasteiger partial charge is 0.335 e. The van der Waals surface area contributed by atoms with Crippen LogP contribution in [0.4, 0.5) is 0 Å². The van der Waals surface area contributed by atoms with E-state index < -0.39 is 5.97 Å². The molecule has 0 aliphatic rings. The first kappa shape index (κ1) is 17.7. The molecular weight excluding hydrogens is 306 g/mol. The fourth-order valence-electron chi connectivity index (χ4n) is 2.40. The van der Waals surface area contributed by atoms with Crippen molar-refractivity contribution in [1.29, 1.82) is 0 Å². The van der Waals surface area contributed by atoms with Crippen LogP contribution in [0.25, 0.3) is 0 Å². The SMILES string of the molecule is COCc1ccc(CNC(=O)CCc2ccccc2C(=O)O)cc1. The molecule has 0 fully saturated rings. The summed E-state index contributed by atoms with van der Waals surface area (Å²) in [7, 11) is 1.65. The number of nitrogens with one attached hydrogen (secondary N) is 1. The van der Waals surface area contributed by atoms with Crippen LogP contribution in [0.2, 0.25) is 0 Å². The normalized spacial score (nSPS) is 10.4. The van der Waals surface area contributed by atoms with E-state index in [9.17, 15) is 9.59 Å². The molecule has 0 unspecified atom stereocenters. The molecular formula is C19H21NO4. The number of hydrogen-bond donors (Lipinski definition) is 2. The fourth-order valence-corrected chi connectivity index (χ4v) is 2.40. The number of methoxy groups -OCH3 is 1. The zero-order chi connectivity index (χ0) is 17.4. The number of aromatic carboxylic acids is 1. The summed E-state index contributed by atoms with van der Waals surface area (Å²) in [5, 5.41) is 12.0. The minimum atomic E-state index is -0.970. The Morgan fingerprint density at radius 1 is 1.04 bits per heavy atom. The molecule has 5 nitrogen and oxygen atoms in total. The summed E-state index contributed by atoms with van der Waals surface area (Å²) in [5.41, 5.74) is 3.01. The Balaban J connectivity index is 1.82. The topological polar surface area (TPSA) is 75.6 Å². The molecule has 24 heavy (non-hydrogen) atoms. The van der Waals surface area contributed by atoms with Crippen molar-refractivity contribution in [3.05, 3.63) is 70.8 Å². The molecule has 0 aliphatic carbocycles. The molecule has 0 aromatic heterocycles. The standard InChI is InChI=1S/C19H21NO4/c1-24-13-15-8-6-14(7-9-15)12-20-18(21)11-10-16-4-2-3-5-17(16)19(22)23/h2-9H,10-13H2,1H3,(H,20,21)(H,22,23). The van der Waals surface area contributed by atoms with E-state index in [1.54, 1.807) is 31.4 Å². The van der Waals surface area contributed by atoms with Crippen LogP contribution in [0.5, 0.6) is 0 Å². The molecule has 126 valence electrons. The van der Waals surface area contributed by atoms with Gasteiger partial charge in [-0.15, -0.1) is 0 Å². The van der Waals surface area contributed by atoms with Gasteiger partial charge in [-0.05, 0) is 29.2 Å². The maximum Gasteiger partial charge on any atom is 0.335 e. The number of amides is 1. The van der Waals surface area contributed by atoms with Crippen molar-refractivity contribution in [3.63, 3.8) is 0 Å². The number of aryl methyl sites for hydroxylation is 1. The van der Waals surface area contributed by atoms with Crippen molar-refractivity contribution in [2.45, 2.75) is 26.0 Å². The minimum Gasteiger partial charge on any atom is -0.478 e. The van der Waals surface area contributed by atoms with Gasteiger partial charge >= 0.3 is 5.97 Å². The van der Waals surface area contributed by atoms with Gasteiger partial charge in [0.05, 0.1) is 12.2 Å². The molecule has 2 aromatic carbocycles. The van der Waals surface area contributed by atoms with Gasteiger partial charge in [0.1, 0.15) is 0 Å². The summed E-state index contributed by atoms with van der Waals surface area (Å²) >= 11 is 0. The largest absolute Gasteiger partial charge is 0.478 e. The highest BCUT2D eigenvalue weighted by Crippen LogP contribution is 2.11. The number of benzene rings is 2. The molecule has 1 amide bonds. The van der Waals surface area contributed by atoms with E-state index in [1.165, 1.54) is 0 Å². The molecule has 0 spiro atoms. The molecule has 2 rings (SSSR count). The maximum atomic E-state index is 12.0. The Labute approximate surface area is 141 Å². The third-order valence-electron chi connectivity index (χ3n) is 3.69. The number of rotatable bonds is 8. The van der Waals surface area contributed by atoms with Crippen LogP contribution >= 0.6 is 0 Å². The van der Waals surface area contributed by atoms with Crippen LogP contribution < -0.4 is 5.32 Å². The molecule has 0 heterocycles. The lowest BCUT2D eigenvalue weighted by atomic mass is 10.0. The van der Waals surface area contributed by atoms with Crippen LogP contribution in [0.1, 0.15) is 33.5 Å². The van der Waals surface area contributed by atoms with Crippen molar-refractivity contribution in [3.8, 4) is 0 Å². The summed E-state index contributed by atoms with van der Waals surface area (Å²) in [4.78, 5) is 23.1. The van der Waals surface area contributed by atoms with Gasteiger partial charge in [0.25, 0.3) is 0 Å². The van der Waals surface area contributed by atoms with Crippen LogP contribution in [-0.2, 0) is 29.1 Å². The zero-order valence-electron chi connectivity index (χ0n) is 13.6. The Kier molecular flexibility index (Phi) is 6.51. The van der Waals surface area contributed by atoms with Gasteiger partial charge in [-0.1, -0.05) is 42.5 Å². The lowest BCUT2D eigenvalue weighted by Gasteiger charge is -2.08. The zero-order valence-corrected chi connectivity index (χ0v) is 13.6. The summed E-state index contributed by atoms with van der Waals surface area (Å²) in [6, 6.07) is 14.6. The van der Waals surface area contributed by atoms with Crippen LogP contribution in [0.15, 0.2) is 48.5 Å². The van der Waals surface area contributed by atoms with Crippen molar-refractivity contribution in [2.75, 3.05) is 7.11 Å². The van der Waals surface area contributed by atoms with Crippen LogP contribution in [0, 0.1) is 0 Å². The molecule has 0 atom stereocenters. The molecule has 0 aliphatic heterocycles. The van der Waals surface area contributed by atoms with E-state index in [0.29, 0.717) is 25.1 Å². The first-order chi connectivity index (χ1) is 11.6. The van der Waals surface area contributed by atoms with E-state index in [-0.39, 0.29) is 17.9 Å². The van der Waals surface area contributed by atoms with Gasteiger partial charge in [-0.2, -0.15) is 0 Å². The van der Waals surface area contributed by atoms with E-state index >= 15 is 0 Å². The lowest BCUT2D eigenvalue weighted by molar-refractivity contribution is -0.121. The van der Waals surface area contributed by atoms with Gasteiger partial charge in [-0.25, -0.2) is 4.79 Å². The summed E-state index contributed by atoms with van der Waals surface area (Å²) < 4.78 is 5.05. The second-order valence-electron chi connectivity index (χ2n) is 5.49. The highest BCUT2D eigenvalue weighted by Gasteiger charge is 2.10. The van der Waals surface area contributed by atoms with Gasteiger partial charge in [0.15, 0.2) is 0 Å². The average molecular weight is 327 g/mol. The van der Waals surface area contributed by atoms with Crippen molar-refractivity contribution in [2.24, 2.45) is 0 Å². The predicted molar refractivity (Wildman–Crippen MR) is 90.7 cm³/mol. The third-order valence-corrected chi connectivity index (χ3v) is 3.69. The first-order valence-corrected chi connectivity index (χ1v) is 7.75. The second kappa shape index (κ2) is 8.84. The van der Waals surface area contributed by atoms with Gasteiger partial charge in [0, 0.05) is 20.1 Å². The molecule has 2 aromatic rings. The summed E-state index contributed by atoms with van der Waals surface area (Å²) in [5.74, 6) is -1.07. The highest BCUT2D eigenvalue weighted by molar-refractivity contribution is 5.89. The van der Waals surface area contributed by atoms with E-state index in [2.05, 4.69) is 5.32 Å². The number of carbonyl (C=O) groups excluding carboxylic acids is 1. The molecule has 0 saturated heterocycles. The van der Waals surface area contributed by atoms with E-state index in [4.69, 9.17) is 9.84 Å². The number of hydrogen-bond acceptors (Lipinski definition) is 3. The predicted octanol–water partition coefficient (Wildman–Crippen LogP) is 2.78. The second-order valence-corrected chi connectivity index (χ2v) is 5.49.